The average Bonchev–Trinajstić information content (AvgIpc) is 3.12. The summed E-state index contributed by atoms with van der Waals surface area (Å²) in [5, 5.41) is 1.37. The number of benzene rings is 2. The first-order chi connectivity index (χ1) is 14.4. The van der Waals surface area contributed by atoms with Gasteiger partial charge in [0.05, 0.1) is 16.8 Å². The summed E-state index contributed by atoms with van der Waals surface area (Å²) < 4.78 is 6.70. The van der Waals surface area contributed by atoms with Crippen LogP contribution in [0, 0.1) is 6.92 Å². The number of thiazole rings is 1. The summed E-state index contributed by atoms with van der Waals surface area (Å²) in [6.45, 7) is 6.09. The summed E-state index contributed by atoms with van der Waals surface area (Å²) in [6, 6.07) is 11.2. The molecular formula is C23H29Cl2N3O2S. The van der Waals surface area contributed by atoms with Crippen molar-refractivity contribution in [3.8, 4) is 5.75 Å². The summed E-state index contributed by atoms with van der Waals surface area (Å²) in [4.78, 5) is 21.9. The average molecular weight is 482 g/mol. The molecule has 1 heterocycles. The second kappa shape index (κ2) is 11.7. The molecule has 1 amide bonds. The van der Waals surface area contributed by atoms with Gasteiger partial charge in [-0.25, -0.2) is 4.98 Å². The van der Waals surface area contributed by atoms with Crippen LogP contribution in [0.1, 0.15) is 35.7 Å². The number of ether oxygens (including phenoxy) is 1. The summed E-state index contributed by atoms with van der Waals surface area (Å²) in [6.07, 6.45) is 2.10. The number of carbonyl (C=O) groups excluding carboxylic acids is 1. The Morgan fingerprint density at radius 2 is 1.87 bits per heavy atom. The van der Waals surface area contributed by atoms with E-state index < -0.39 is 0 Å². The molecule has 0 aliphatic carbocycles. The molecule has 8 heteroatoms. The van der Waals surface area contributed by atoms with Gasteiger partial charge in [-0.1, -0.05) is 36.3 Å². The Labute approximate surface area is 199 Å². The molecule has 1 aromatic heterocycles. The third kappa shape index (κ3) is 6.56. The van der Waals surface area contributed by atoms with Gasteiger partial charge in [-0.05, 0) is 69.4 Å². The van der Waals surface area contributed by atoms with E-state index in [9.17, 15) is 4.79 Å². The third-order valence-corrected chi connectivity index (χ3v) is 6.00. The van der Waals surface area contributed by atoms with Crippen LogP contribution in [0.15, 0.2) is 36.4 Å². The quantitative estimate of drug-likeness (QED) is 0.348. The van der Waals surface area contributed by atoms with Crippen molar-refractivity contribution in [1.82, 2.24) is 9.88 Å². The van der Waals surface area contributed by atoms with Crippen molar-refractivity contribution >= 4 is 56.6 Å². The number of halogens is 2. The molecule has 3 aromatic rings. The zero-order chi connectivity index (χ0) is 21.7. The smallest absolute Gasteiger partial charge is 0.260 e. The molecule has 0 aliphatic heterocycles. The van der Waals surface area contributed by atoms with Crippen LogP contribution in [0.2, 0.25) is 5.02 Å². The van der Waals surface area contributed by atoms with Crippen LogP contribution in [0.3, 0.4) is 0 Å². The maximum absolute atomic E-state index is 13.4. The molecule has 31 heavy (non-hydrogen) atoms. The lowest BCUT2D eigenvalue weighted by molar-refractivity contribution is 0.0985. The zero-order valence-electron chi connectivity index (χ0n) is 18.4. The van der Waals surface area contributed by atoms with Gasteiger partial charge < -0.3 is 9.64 Å². The Morgan fingerprint density at radius 3 is 2.52 bits per heavy atom. The molecule has 0 atom stereocenters. The molecule has 2 aromatic carbocycles. The van der Waals surface area contributed by atoms with Crippen molar-refractivity contribution in [3.05, 3.63) is 52.5 Å². The fraction of sp³-hybridized carbons (Fsp3) is 0.391. The maximum Gasteiger partial charge on any atom is 0.260 e. The lowest BCUT2D eigenvalue weighted by atomic mass is 10.2. The molecule has 0 unspecified atom stereocenters. The minimum Gasteiger partial charge on any atom is -0.494 e. The first-order valence-corrected chi connectivity index (χ1v) is 11.3. The summed E-state index contributed by atoms with van der Waals surface area (Å²) in [5.41, 5.74) is 2.51. The van der Waals surface area contributed by atoms with E-state index in [0.29, 0.717) is 28.9 Å². The van der Waals surface area contributed by atoms with Gasteiger partial charge in [0.15, 0.2) is 5.13 Å². The van der Waals surface area contributed by atoms with E-state index in [0.717, 1.165) is 40.9 Å². The lowest BCUT2D eigenvalue weighted by Crippen LogP contribution is -2.36. The highest BCUT2D eigenvalue weighted by Crippen LogP contribution is 2.33. The predicted octanol–water partition coefficient (Wildman–Crippen LogP) is 6.07. The number of aromatic nitrogens is 1. The van der Waals surface area contributed by atoms with E-state index >= 15 is 0 Å². The maximum atomic E-state index is 13.4. The van der Waals surface area contributed by atoms with Crippen LogP contribution < -0.4 is 9.64 Å². The molecule has 0 saturated carbocycles. The second-order valence-electron chi connectivity index (χ2n) is 7.55. The normalized spacial score (nSPS) is 10.9. The number of aryl methyl sites for hydroxylation is 1. The van der Waals surface area contributed by atoms with E-state index in [2.05, 4.69) is 11.8 Å². The van der Waals surface area contributed by atoms with Gasteiger partial charge in [-0.2, -0.15) is 0 Å². The van der Waals surface area contributed by atoms with Crippen molar-refractivity contribution in [2.45, 2.75) is 26.7 Å². The molecule has 3 rings (SSSR count). The molecule has 0 spiro atoms. The van der Waals surface area contributed by atoms with Crippen LogP contribution in [0.4, 0.5) is 5.13 Å². The van der Waals surface area contributed by atoms with E-state index in [1.54, 1.807) is 4.90 Å². The molecule has 0 saturated heterocycles. The first-order valence-electron chi connectivity index (χ1n) is 10.1. The number of anilines is 1. The van der Waals surface area contributed by atoms with Gasteiger partial charge in [0.25, 0.3) is 5.91 Å². The summed E-state index contributed by atoms with van der Waals surface area (Å²) in [7, 11) is 3.99. The van der Waals surface area contributed by atoms with Gasteiger partial charge in [0.1, 0.15) is 5.75 Å². The van der Waals surface area contributed by atoms with E-state index in [1.807, 2.05) is 57.4 Å². The Morgan fingerprint density at radius 1 is 1.16 bits per heavy atom. The molecule has 5 nitrogen and oxygen atoms in total. The van der Waals surface area contributed by atoms with Crippen LogP contribution in [0.25, 0.3) is 10.2 Å². The Balaban J connectivity index is 0.00000341. The van der Waals surface area contributed by atoms with Gasteiger partial charge in [-0.3, -0.25) is 9.69 Å². The Bertz CT molecular complexity index is 1010. The molecule has 0 N–H and O–H groups in total. The number of fused-ring (bicyclic) bond motifs is 1. The number of carbonyl (C=O) groups is 1. The van der Waals surface area contributed by atoms with Crippen LogP contribution >= 0.6 is 35.3 Å². The number of nitrogens with zero attached hydrogens (tertiary/aromatic N) is 3. The summed E-state index contributed by atoms with van der Waals surface area (Å²) in [5.74, 6) is 0.713. The largest absolute Gasteiger partial charge is 0.494 e. The molecule has 0 aliphatic rings. The number of amides is 1. The Kier molecular flexibility index (Phi) is 9.56. The fourth-order valence-electron chi connectivity index (χ4n) is 3.03. The highest BCUT2D eigenvalue weighted by atomic mass is 35.5. The lowest BCUT2D eigenvalue weighted by Gasteiger charge is -2.22. The van der Waals surface area contributed by atoms with Gasteiger partial charge in [0.2, 0.25) is 0 Å². The van der Waals surface area contributed by atoms with Crippen molar-refractivity contribution in [1.29, 1.82) is 0 Å². The van der Waals surface area contributed by atoms with Crippen molar-refractivity contribution in [3.63, 3.8) is 0 Å². The second-order valence-corrected chi connectivity index (χ2v) is 9.00. The van der Waals surface area contributed by atoms with E-state index in [4.69, 9.17) is 21.3 Å². The third-order valence-electron chi connectivity index (χ3n) is 4.75. The monoisotopic (exact) mass is 481 g/mol. The standard InChI is InChI=1S/C23H28ClN3O2S.ClH/c1-5-6-13-29-19-9-7-17(8-10-19)22(28)27(12-11-26(3)4)23-25-21-16(2)14-18(24)15-20(21)30-23;/h7-10,14-15H,5-6,11-13H2,1-4H3;1H. The predicted molar refractivity (Wildman–Crippen MR) is 134 cm³/mol. The topological polar surface area (TPSA) is 45.7 Å². The first kappa shape index (κ1) is 25.4. The molecule has 168 valence electrons. The number of hydrogen-bond donors (Lipinski definition) is 0. The molecule has 0 radical (unpaired) electrons. The molecule has 0 fully saturated rings. The number of rotatable bonds is 9. The summed E-state index contributed by atoms with van der Waals surface area (Å²) >= 11 is 7.71. The number of unbranched alkanes of at least 4 members (excludes halogenated alkanes) is 1. The number of likely N-dealkylation sites (N-methyl/N-ethyl adjacent to an activating group) is 1. The minimum atomic E-state index is -0.0697. The highest BCUT2D eigenvalue weighted by molar-refractivity contribution is 7.22. The van der Waals surface area contributed by atoms with Gasteiger partial charge >= 0.3 is 0 Å². The highest BCUT2D eigenvalue weighted by Gasteiger charge is 2.22. The van der Waals surface area contributed by atoms with Crippen molar-refractivity contribution in [2.75, 3.05) is 38.7 Å². The van der Waals surface area contributed by atoms with Crippen molar-refractivity contribution < 1.29 is 9.53 Å². The van der Waals surface area contributed by atoms with E-state index in [-0.39, 0.29) is 18.3 Å². The SMILES string of the molecule is CCCCOc1ccc(C(=O)N(CCN(C)C)c2nc3c(C)cc(Cl)cc3s2)cc1.Cl. The molecule has 0 bridgehead atoms. The Hall–Kier alpha value is -1.86. The zero-order valence-corrected chi connectivity index (χ0v) is 20.7. The minimum absolute atomic E-state index is 0. The van der Waals surface area contributed by atoms with Crippen LogP contribution in [0.5, 0.6) is 5.75 Å². The van der Waals surface area contributed by atoms with Gasteiger partial charge in [-0.15, -0.1) is 12.4 Å². The van der Waals surface area contributed by atoms with Crippen molar-refractivity contribution in [2.24, 2.45) is 0 Å². The van der Waals surface area contributed by atoms with Crippen LogP contribution in [-0.2, 0) is 0 Å². The molecular weight excluding hydrogens is 453 g/mol. The fourth-order valence-corrected chi connectivity index (χ4v) is 4.47. The number of hydrogen-bond acceptors (Lipinski definition) is 5. The van der Waals surface area contributed by atoms with Crippen LogP contribution in [-0.4, -0.2) is 49.6 Å². The van der Waals surface area contributed by atoms with Gasteiger partial charge in [0, 0.05) is 23.7 Å². The van der Waals surface area contributed by atoms with E-state index in [1.165, 1.54) is 11.3 Å².